The number of rotatable bonds is 6. The average Bonchev–Trinajstić information content (AvgIpc) is 2.76. The van der Waals surface area contributed by atoms with Gasteiger partial charge in [-0.1, -0.05) is 48.5 Å². The van der Waals surface area contributed by atoms with Crippen LogP contribution in [-0.2, 0) is 23.0 Å². The van der Waals surface area contributed by atoms with Crippen molar-refractivity contribution in [2.45, 2.75) is 30.7 Å². The molecule has 1 N–H and O–H groups in total. The van der Waals surface area contributed by atoms with Gasteiger partial charge >= 0.3 is 0 Å². The maximum absolute atomic E-state index is 12.6. The van der Waals surface area contributed by atoms with Gasteiger partial charge in [-0.25, -0.2) is 12.7 Å². The Bertz CT molecular complexity index is 950. The van der Waals surface area contributed by atoms with Crippen molar-refractivity contribution in [2.24, 2.45) is 10.9 Å². The third-order valence-electron chi connectivity index (χ3n) is 5.66. The van der Waals surface area contributed by atoms with Crippen LogP contribution in [0.4, 0.5) is 0 Å². The smallest absolute Gasteiger partial charge is 0.242 e. The van der Waals surface area contributed by atoms with Gasteiger partial charge in [0.2, 0.25) is 10.0 Å². The van der Waals surface area contributed by atoms with E-state index >= 15 is 0 Å². The summed E-state index contributed by atoms with van der Waals surface area (Å²) in [6, 6.07) is 17.8. The van der Waals surface area contributed by atoms with Crippen molar-refractivity contribution in [3.63, 3.8) is 0 Å². The summed E-state index contributed by atoms with van der Waals surface area (Å²) >= 11 is 0. The number of hydrogen-bond donors (Lipinski definition) is 1. The summed E-state index contributed by atoms with van der Waals surface area (Å²) in [6.45, 7) is 2.32. The fourth-order valence-corrected chi connectivity index (χ4v) is 5.02. The molecule has 1 aliphatic heterocycles. The Morgan fingerprint density at radius 2 is 1.70 bits per heavy atom. The number of nitrogens with zero attached hydrogens (tertiary/aromatic N) is 3. The van der Waals surface area contributed by atoms with E-state index in [0.717, 1.165) is 43.9 Å². The molecular weight excluding hydrogens is 396 g/mol. The summed E-state index contributed by atoms with van der Waals surface area (Å²) in [5.41, 5.74) is 2.14. The molecule has 1 heterocycles. The van der Waals surface area contributed by atoms with E-state index in [9.17, 15) is 8.42 Å². The fourth-order valence-electron chi connectivity index (χ4n) is 3.90. The molecule has 1 saturated heterocycles. The first-order chi connectivity index (χ1) is 14.4. The van der Waals surface area contributed by atoms with Crippen LogP contribution in [0.25, 0.3) is 0 Å². The molecule has 0 bridgehead atoms. The highest BCUT2D eigenvalue weighted by Gasteiger charge is 2.23. The Labute approximate surface area is 180 Å². The first kappa shape index (κ1) is 22.3. The van der Waals surface area contributed by atoms with E-state index in [-0.39, 0.29) is 0 Å². The topological polar surface area (TPSA) is 65.0 Å². The van der Waals surface area contributed by atoms with Crippen LogP contribution in [0.2, 0.25) is 0 Å². The number of sulfonamides is 1. The number of hydrogen-bond acceptors (Lipinski definition) is 3. The van der Waals surface area contributed by atoms with Gasteiger partial charge in [-0.05, 0) is 42.4 Å². The van der Waals surface area contributed by atoms with E-state index in [2.05, 4.69) is 45.5 Å². The lowest BCUT2D eigenvalue weighted by Gasteiger charge is -2.34. The molecule has 0 unspecified atom stereocenters. The van der Waals surface area contributed by atoms with Gasteiger partial charge in [0.25, 0.3) is 0 Å². The minimum Gasteiger partial charge on any atom is -0.352 e. The number of aliphatic imine (C=N–C) groups is 1. The van der Waals surface area contributed by atoms with Gasteiger partial charge in [0.15, 0.2) is 5.96 Å². The van der Waals surface area contributed by atoms with Gasteiger partial charge in [0, 0.05) is 40.8 Å². The number of nitrogens with one attached hydrogen (secondary N) is 1. The number of benzene rings is 2. The molecule has 0 spiro atoms. The van der Waals surface area contributed by atoms with E-state index in [1.165, 1.54) is 9.87 Å². The van der Waals surface area contributed by atoms with Crippen molar-refractivity contribution in [1.29, 1.82) is 0 Å². The maximum atomic E-state index is 12.6. The third kappa shape index (κ3) is 5.40. The van der Waals surface area contributed by atoms with Crippen LogP contribution in [0.15, 0.2) is 64.5 Å². The normalized spacial score (nSPS) is 16.1. The zero-order chi connectivity index (χ0) is 21.6. The largest absolute Gasteiger partial charge is 0.352 e. The highest BCUT2D eigenvalue weighted by molar-refractivity contribution is 7.89. The molecule has 1 aliphatic rings. The summed E-state index contributed by atoms with van der Waals surface area (Å²) in [5.74, 6) is 1.51. The lowest BCUT2D eigenvalue weighted by Crippen LogP contribution is -2.45. The van der Waals surface area contributed by atoms with Gasteiger partial charge in [-0.2, -0.15) is 0 Å². The van der Waals surface area contributed by atoms with Crippen molar-refractivity contribution < 1.29 is 8.42 Å². The molecule has 0 aromatic heterocycles. The zero-order valence-corrected chi connectivity index (χ0v) is 18.9. The van der Waals surface area contributed by atoms with Crippen LogP contribution in [0, 0.1) is 5.92 Å². The molecule has 0 aliphatic carbocycles. The molecule has 0 saturated carbocycles. The summed E-state index contributed by atoms with van der Waals surface area (Å²) in [5, 5.41) is 3.36. The summed E-state index contributed by atoms with van der Waals surface area (Å²) in [4.78, 5) is 7.04. The van der Waals surface area contributed by atoms with Gasteiger partial charge < -0.3 is 10.2 Å². The fraction of sp³-hybridized carbons (Fsp3) is 0.435. The molecule has 0 radical (unpaired) electrons. The molecule has 1 fully saturated rings. The van der Waals surface area contributed by atoms with Crippen molar-refractivity contribution in [3.8, 4) is 0 Å². The molecule has 7 heteroatoms. The number of likely N-dealkylation sites (tertiary alicyclic amines) is 1. The average molecular weight is 429 g/mol. The van der Waals surface area contributed by atoms with E-state index in [4.69, 9.17) is 0 Å². The molecule has 2 aromatic carbocycles. The Hall–Kier alpha value is -2.38. The van der Waals surface area contributed by atoms with Gasteiger partial charge in [0.1, 0.15) is 0 Å². The minimum atomic E-state index is -3.48. The summed E-state index contributed by atoms with van der Waals surface area (Å²) in [7, 11) is 1.40. The van der Waals surface area contributed by atoms with Gasteiger partial charge in [0.05, 0.1) is 4.90 Å². The molecule has 0 atom stereocenters. The molecule has 162 valence electrons. The van der Waals surface area contributed by atoms with Crippen molar-refractivity contribution in [3.05, 3.63) is 65.7 Å². The van der Waals surface area contributed by atoms with E-state index in [1.807, 2.05) is 12.1 Å². The van der Waals surface area contributed by atoms with Crippen LogP contribution >= 0.6 is 0 Å². The Kier molecular flexibility index (Phi) is 7.50. The van der Waals surface area contributed by atoms with Crippen molar-refractivity contribution >= 4 is 16.0 Å². The third-order valence-corrected chi connectivity index (χ3v) is 7.58. The molecule has 0 amide bonds. The summed E-state index contributed by atoms with van der Waals surface area (Å²) < 4.78 is 26.5. The molecule has 3 rings (SSSR count). The highest BCUT2D eigenvalue weighted by Crippen LogP contribution is 2.22. The lowest BCUT2D eigenvalue weighted by molar-refractivity contribution is 0.259. The number of piperidine rings is 1. The molecule has 2 aromatic rings. The quantitative estimate of drug-likeness (QED) is 0.568. The SMILES string of the molecule is CN=C(NCc1ccccc1S(=O)(=O)N(C)C)N1CCC(Cc2ccccc2)CC1. The Morgan fingerprint density at radius 1 is 1.07 bits per heavy atom. The van der Waals surface area contributed by atoms with Crippen LogP contribution in [0.1, 0.15) is 24.0 Å². The second-order valence-corrected chi connectivity index (χ2v) is 10.0. The predicted octanol–water partition coefficient (Wildman–Crippen LogP) is 2.97. The highest BCUT2D eigenvalue weighted by atomic mass is 32.2. The molecular formula is C23H32N4O2S. The second kappa shape index (κ2) is 10.1. The van der Waals surface area contributed by atoms with E-state index in [1.54, 1.807) is 33.3 Å². The Morgan fingerprint density at radius 3 is 2.33 bits per heavy atom. The molecule has 6 nitrogen and oxygen atoms in total. The van der Waals surface area contributed by atoms with Crippen LogP contribution in [-0.4, -0.2) is 57.8 Å². The first-order valence-electron chi connectivity index (χ1n) is 10.4. The Balaban J connectivity index is 1.59. The molecule has 30 heavy (non-hydrogen) atoms. The lowest BCUT2D eigenvalue weighted by atomic mass is 9.90. The number of guanidine groups is 1. The predicted molar refractivity (Wildman–Crippen MR) is 122 cm³/mol. The second-order valence-electron chi connectivity index (χ2n) is 7.92. The zero-order valence-electron chi connectivity index (χ0n) is 18.1. The summed E-state index contributed by atoms with van der Waals surface area (Å²) in [6.07, 6.45) is 3.37. The van der Waals surface area contributed by atoms with Gasteiger partial charge in [-0.3, -0.25) is 4.99 Å². The van der Waals surface area contributed by atoms with Crippen LogP contribution in [0.3, 0.4) is 0 Å². The van der Waals surface area contributed by atoms with E-state index in [0.29, 0.717) is 17.4 Å². The maximum Gasteiger partial charge on any atom is 0.242 e. The van der Waals surface area contributed by atoms with Crippen molar-refractivity contribution in [2.75, 3.05) is 34.2 Å². The first-order valence-corrected chi connectivity index (χ1v) is 11.9. The van der Waals surface area contributed by atoms with Crippen LogP contribution < -0.4 is 5.32 Å². The minimum absolute atomic E-state index is 0.333. The van der Waals surface area contributed by atoms with Crippen LogP contribution in [0.5, 0.6) is 0 Å². The monoisotopic (exact) mass is 428 g/mol. The van der Waals surface area contributed by atoms with Crippen molar-refractivity contribution in [1.82, 2.24) is 14.5 Å². The van der Waals surface area contributed by atoms with E-state index < -0.39 is 10.0 Å². The van der Waals surface area contributed by atoms with Gasteiger partial charge in [-0.15, -0.1) is 0 Å². The standard InChI is InChI=1S/C23H32N4O2S/c1-24-23(25-18-21-11-7-8-12-22(21)30(28,29)26(2)3)27-15-13-20(14-16-27)17-19-9-5-4-6-10-19/h4-12,20H,13-18H2,1-3H3,(H,24,25).